The van der Waals surface area contributed by atoms with E-state index in [4.69, 9.17) is 4.74 Å². The minimum atomic E-state index is -0.739. The smallest absolute Gasteiger partial charge is 0.359 e. The fourth-order valence-electron chi connectivity index (χ4n) is 2.02. The summed E-state index contributed by atoms with van der Waals surface area (Å²) in [6.07, 6.45) is 0. The molecule has 0 saturated carbocycles. The van der Waals surface area contributed by atoms with Gasteiger partial charge in [0, 0.05) is 19.0 Å². The third kappa shape index (κ3) is 3.94. The standard InChI is InChI=1S/C16H19N3O4/c1-10(2)8-17-13(20)9-23-16(22)14-11-6-4-5-7-12(11)15(21)19(3)18-14/h4-7,10H,8-9H2,1-3H3,(H,17,20). The van der Waals surface area contributed by atoms with E-state index in [-0.39, 0.29) is 23.8 Å². The van der Waals surface area contributed by atoms with E-state index in [0.717, 1.165) is 4.68 Å². The number of nitrogens with zero attached hydrogens (tertiary/aromatic N) is 2. The third-order valence-corrected chi connectivity index (χ3v) is 3.19. The molecule has 0 aliphatic rings. The number of amides is 1. The Balaban J connectivity index is 2.17. The molecule has 1 heterocycles. The highest BCUT2D eigenvalue weighted by Crippen LogP contribution is 2.13. The number of carbonyl (C=O) groups is 2. The van der Waals surface area contributed by atoms with Gasteiger partial charge in [-0.15, -0.1) is 0 Å². The van der Waals surface area contributed by atoms with Crippen molar-refractivity contribution >= 4 is 22.6 Å². The van der Waals surface area contributed by atoms with Gasteiger partial charge in [0.1, 0.15) is 0 Å². The van der Waals surface area contributed by atoms with Crippen LogP contribution in [-0.4, -0.2) is 34.8 Å². The van der Waals surface area contributed by atoms with Crippen LogP contribution >= 0.6 is 0 Å². The number of benzene rings is 1. The Labute approximate surface area is 133 Å². The van der Waals surface area contributed by atoms with Gasteiger partial charge in [0.15, 0.2) is 12.3 Å². The van der Waals surface area contributed by atoms with E-state index in [0.29, 0.717) is 23.2 Å². The van der Waals surface area contributed by atoms with Crippen molar-refractivity contribution in [1.29, 1.82) is 0 Å². The number of carbonyl (C=O) groups excluding carboxylic acids is 2. The van der Waals surface area contributed by atoms with Crippen molar-refractivity contribution in [3.05, 3.63) is 40.3 Å². The van der Waals surface area contributed by atoms with Gasteiger partial charge in [-0.25, -0.2) is 9.48 Å². The molecule has 2 aromatic rings. The molecule has 0 radical (unpaired) electrons. The van der Waals surface area contributed by atoms with Crippen LogP contribution in [0.15, 0.2) is 29.1 Å². The number of aryl methyl sites for hydroxylation is 1. The molecule has 0 bridgehead atoms. The average Bonchev–Trinajstić information content (AvgIpc) is 2.54. The summed E-state index contributed by atoms with van der Waals surface area (Å²) in [5, 5.41) is 7.39. The highest BCUT2D eigenvalue weighted by Gasteiger charge is 2.18. The monoisotopic (exact) mass is 317 g/mol. The maximum Gasteiger partial charge on any atom is 0.359 e. The van der Waals surface area contributed by atoms with Gasteiger partial charge in [-0.1, -0.05) is 32.0 Å². The predicted octanol–water partition coefficient (Wildman–Crippen LogP) is 0.862. The summed E-state index contributed by atoms with van der Waals surface area (Å²) in [6, 6.07) is 6.65. The fraction of sp³-hybridized carbons (Fsp3) is 0.375. The molecule has 23 heavy (non-hydrogen) atoms. The first-order chi connectivity index (χ1) is 10.9. The minimum absolute atomic E-state index is 0.0133. The fourth-order valence-corrected chi connectivity index (χ4v) is 2.02. The zero-order valence-corrected chi connectivity index (χ0v) is 13.3. The van der Waals surface area contributed by atoms with E-state index in [2.05, 4.69) is 10.4 Å². The number of fused-ring (bicyclic) bond motifs is 1. The van der Waals surface area contributed by atoms with Crippen LogP contribution in [0.2, 0.25) is 0 Å². The Morgan fingerprint density at radius 3 is 2.57 bits per heavy atom. The second-order valence-electron chi connectivity index (χ2n) is 5.60. The largest absolute Gasteiger partial charge is 0.451 e. The average molecular weight is 317 g/mol. The molecule has 0 spiro atoms. The molecule has 2 rings (SSSR count). The van der Waals surface area contributed by atoms with Crippen LogP contribution in [0, 0.1) is 5.92 Å². The Morgan fingerprint density at radius 2 is 1.91 bits per heavy atom. The van der Waals surface area contributed by atoms with Crippen molar-refractivity contribution in [3.63, 3.8) is 0 Å². The first-order valence-electron chi connectivity index (χ1n) is 7.30. The van der Waals surface area contributed by atoms with Crippen molar-refractivity contribution < 1.29 is 14.3 Å². The van der Waals surface area contributed by atoms with Crippen LogP contribution in [0.25, 0.3) is 10.8 Å². The Morgan fingerprint density at radius 1 is 1.26 bits per heavy atom. The van der Waals surface area contributed by atoms with Gasteiger partial charge in [0.25, 0.3) is 11.5 Å². The zero-order chi connectivity index (χ0) is 17.0. The molecule has 0 atom stereocenters. The summed E-state index contributed by atoms with van der Waals surface area (Å²) in [4.78, 5) is 35.8. The number of ether oxygens (including phenoxy) is 1. The molecule has 0 saturated heterocycles. The summed E-state index contributed by atoms with van der Waals surface area (Å²) in [7, 11) is 1.46. The van der Waals surface area contributed by atoms with Gasteiger partial charge in [0.2, 0.25) is 0 Å². The summed E-state index contributed by atoms with van der Waals surface area (Å²) >= 11 is 0. The van der Waals surface area contributed by atoms with Crippen LogP contribution < -0.4 is 10.9 Å². The molecule has 0 fully saturated rings. The van der Waals surface area contributed by atoms with Crippen molar-refractivity contribution in [2.24, 2.45) is 13.0 Å². The molecule has 7 heteroatoms. The third-order valence-electron chi connectivity index (χ3n) is 3.19. The number of aromatic nitrogens is 2. The number of hydrogen-bond acceptors (Lipinski definition) is 5. The molecule has 0 unspecified atom stereocenters. The second-order valence-corrected chi connectivity index (χ2v) is 5.60. The Bertz CT molecular complexity index is 796. The molecule has 1 aromatic carbocycles. The maximum atomic E-state index is 12.2. The van der Waals surface area contributed by atoms with Gasteiger partial charge < -0.3 is 10.1 Å². The van der Waals surface area contributed by atoms with Crippen molar-refractivity contribution in [3.8, 4) is 0 Å². The lowest BCUT2D eigenvalue weighted by Crippen LogP contribution is -2.32. The van der Waals surface area contributed by atoms with Crippen LogP contribution in [0.1, 0.15) is 24.3 Å². The zero-order valence-electron chi connectivity index (χ0n) is 13.3. The Kier molecular flexibility index (Phi) is 5.10. The number of rotatable bonds is 5. The summed E-state index contributed by atoms with van der Waals surface area (Å²) in [6.45, 7) is 4.06. The highest BCUT2D eigenvalue weighted by molar-refractivity contribution is 6.02. The first kappa shape index (κ1) is 16.7. The van der Waals surface area contributed by atoms with E-state index in [1.807, 2.05) is 13.8 Å². The van der Waals surface area contributed by atoms with Gasteiger partial charge in [-0.05, 0) is 12.0 Å². The minimum Gasteiger partial charge on any atom is -0.451 e. The van der Waals surface area contributed by atoms with E-state index in [1.54, 1.807) is 24.3 Å². The van der Waals surface area contributed by atoms with Gasteiger partial charge in [-0.3, -0.25) is 9.59 Å². The van der Waals surface area contributed by atoms with E-state index in [9.17, 15) is 14.4 Å². The molecule has 1 N–H and O–H groups in total. The lowest BCUT2D eigenvalue weighted by atomic mass is 10.1. The topological polar surface area (TPSA) is 90.3 Å². The molecule has 1 amide bonds. The molecular weight excluding hydrogens is 298 g/mol. The van der Waals surface area contributed by atoms with Crippen LogP contribution in [-0.2, 0) is 16.6 Å². The molecule has 7 nitrogen and oxygen atoms in total. The highest BCUT2D eigenvalue weighted by atomic mass is 16.5. The van der Waals surface area contributed by atoms with E-state index >= 15 is 0 Å². The lowest BCUT2D eigenvalue weighted by Gasteiger charge is -2.09. The van der Waals surface area contributed by atoms with Crippen LogP contribution in [0.3, 0.4) is 0 Å². The first-order valence-corrected chi connectivity index (χ1v) is 7.30. The molecule has 122 valence electrons. The molecule has 0 aliphatic heterocycles. The number of nitrogens with one attached hydrogen (secondary N) is 1. The summed E-state index contributed by atoms with van der Waals surface area (Å²) in [5.41, 5.74) is -0.286. The summed E-state index contributed by atoms with van der Waals surface area (Å²) in [5.74, 6) is -0.804. The Hall–Kier alpha value is -2.70. The van der Waals surface area contributed by atoms with Crippen molar-refractivity contribution in [2.75, 3.05) is 13.2 Å². The SMILES string of the molecule is CC(C)CNC(=O)COC(=O)c1nn(C)c(=O)c2ccccc12. The normalized spacial score (nSPS) is 10.8. The predicted molar refractivity (Wildman–Crippen MR) is 85.1 cm³/mol. The molecule has 1 aromatic heterocycles. The number of hydrogen-bond donors (Lipinski definition) is 1. The lowest BCUT2D eigenvalue weighted by molar-refractivity contribution is -0.124. The maximum absolute atomic E-state index is 12.2. The van der Waals surface area contributed by atoms with Crippen molar-refractivity contribution in [2.45, 2.75) is 13.8 Å². The summed E-state index contributed by atoms with van der Waals surface area (Å²) < 4.78 is 6.08. The van der Waals surface area contributed by atoms with Crippen LogP contribution in [0.5, 0.6) is 0 Å². The van der Waals surface area contributed by atoms with Gasteiger partial charge in [0.05, 0.1) is 5.39 Å². The van der Waals surface area contributed by atoms with Crippen LogP contribution in [0.4, 0.5) is 0 Å². The number of esters is 1. The molecular formula is C16H19N3O4. The van der Waals surface area contributed by atoms with Gasteiger partial charge in [-0.2, -0.15) is 5.10 Å². The van der Waals surface area contributed by atoms with E-state index in [1.165, 1.54) is 7.05 Å². The molecule has 0 aliphatic carbocycles. The van der Waals surface area contributed by atoms with Gasteiger partial charge >= 0.3 is 5.97 Å². The second kappa shape index (κ2) is 7.04. The van der Waals surface area contributed by atoms with E-state index < -0.39 is 5.97 Å². The van der Waals surface area contributed by atoms with Crippen molar-refractivity contribution in [1.82, 2.24) is 15.1 Å². The quantitative estimate of drug-likeness (QED) is 0.826.